The summed E-state index contributed by atoms with van der Waals surface area (Å²) in [7, 11) is 20.4. The fraction of sp³-hybridized carbons (Fsp3) is 0.190. The second-order valence-electron chi connectivity index (χ2n) is 12.1. The van der Waals surface area contributed by atoms with Crippen LogP contribution in [0.25, 0.3) is 11.1 Å². The van der Waals surface area contributed by atoms with Gasteiger partial charge in [0.15, 0.2) is 0 Å². The zero-order valence-corrected chi connectivity index (χ0v) is 25.6. The molecule has 4 rings (SSSR count). The van der Waals surface area contributed by atoms with Gasteiger partial charge in [-0.2, -0.15) is 0 Å². The number of amides is 1. The van der Waals surface area contributed by atoms with Gasteiger partial charge in [0.05, 0.1) is 12.2 Å². The molecule has 1 amide bonds. The lowest BCUT2D eigenvalue weighted by atomic mass is 9.52. The fourth-order valence-corrected chi connectivity index (χ4v) is 6.28. The number of carbonyl (C=O) groups excluding carboxylic acids is 1. The molecular weight excluding hydrogens is 518 g/mol. The number of fused-ring (bicyclic) bond motifs is 1. The fourth-order valence-electron chi connectivity index (χ4n) is 6.28. The first-order valence-corrected chi connectivity index (χ1v) is 13.6. The van der Waals surface area contributed by atoms with Crippen LogP contribution < -0.4 is 47.7 Å². The van der Waals surface area contributed by atoms with Gasteiger partial charge >= 0.3 is 6.36 Å². The average molecular weight is 545 g/mol. The van der Waals surface area contributed by atoms with Crippen molar-refractivity contribution in [3.63, 3.8) is 0 Å². The molecule has 0 aliphatic carbocycles. The Bertz CT molecular complexity index is 1540. The van der Waals surface area contributed by atoms with E-state index in [1.807, 2.05) is 54.9 Å². The SMILES string of the molecule is Bc1c(B)c(-c2c(B)c(B)c3c(c2B)C(=O)N(C(B)(B)c2ncccn2)C(B)(B)CO3)c(B)c(B)c1OC(F)(F)F. The second-order valence-corrected chi connectivity index (χ2v) is 12.1. The summed E-state index contributed by atoms with van der Waals surface area (Å²) in [4.78, 5) is 25.4. The van der Waals surface area contributed by atoms with E-state index >= 15 is 0 Å². The van der Waals surface area contributed by atoms with Gasteiger partial charge in [-0.25, -0.2) is 9.97 Å². The number of halogens is 3. The van der Waals surface area contributed by atoms with E-state index in [0.717, 1.165) is 22.1 Å². The Kier molecular flexibility index (Phi) is 7.89. The van der Waals surface area contributed by atoms with Crippen LogP contribution in [0.3, 0.4) is 0 Å². The molecule has 0 saturated carbocycles. The number of hydrogen-bond donors (Lipinski definition) is 0. The van der Waals surface area contributed by atoms with Crippen molar-refractivity contribution in [2.24, 2.45) is 0 Å². The lowest BCUT2D eigenvalue weighted by Crippen LogP contribution is -2.65. The van der Waals surface area contributed by atoms with Gasteiger partial charge < -0.3 is 14.4 Å². The van der Waals surface area contributed by atoms with E-state index in [0.29, 0.717) is 44.5 Å². The maximum absolute atomic E-state index is 14.7. The molecule has 0 fully saturated rings. The summed E-state index contributed by atoms with van der Waals surface area (Å²) >= 11 is 0. The van der Waals surface area contributed by atoms with E-state index in [4.69, 9.17) is 4.74 Å². The Labute approximate surface area is 248 Å². The molecule has 20 heteroatoms. The van der Waals surface area contributed by atoms with Crippen molar-refractivity contribution in [2.75, 3.05) is 6.61 Å². The summed E-state index contributed by atoms with van der Waals surface area (Å²) in [6.07, 6.45) is -1.50. The minimum atomic E-state index is -4.81. The Balaban J connectivity index is 2.03. The lowest BCUT2D eigenvalue weighted by molar-refractivity contribution is -0.273. The standard InChI is InChI=1S/C21H27B11F3N3O3/c22-8-5(6-10(24)13(27)16(14(28)11(6)25)41-21(33,34)35)9(23)12(26)15-7(8)17(39)38(19(29,30)4-40-15)20(31,32)18-36-2-1-3-37-18/h1-3H,4,22-32H2. The lowest BCUT2D eigenvalue weighted by Gasteiger charge is -2.47. The van der Waals surface area contributed by atoms with Crippen molar-refractivity contribution in [1.29, 1.82) is 0 Å². The van der Waals surface area contributed by atoms with E-state index in [9.17, 15) is 18.0 Å². The van der Waals surface area contributed by atoms with E-state index in [1.54, 1.807) is 54.7 Å². The molecule has 0 unspecified atom stereocenters. The highest BCUT2D eigenvalue weighted by Crippen LogP contribution is 2.33. The van der Waals surface area contributed by atoms with Crippen molar-refractivity contribution in [3.8, 4) is 22.6 Å². The number of benzene rings is 2. The Morgan fingerprint density at radius 2 is 1.29 bits per heavy atom. The minimum absolute atomic E-state index is 0.185. The molecule has 0 bridgehead atoms. The minimum Gasteiger partial charge on any atom is -0.493 e. The van der Waals surface area contributed by atoms with E-state index in [1.165, 1.54) is 0 Å². The molecule has 1 aliphatic rings. The maximum atomic E-state index is 14.7. The second kappa shape index (κ2) is 10.4. The van der Waals surface area contributed by atoms with Crippen LogP contribution in [-0.2, 0) is 5.34 Å². The molecule has 0 saturated heterocycles. The molecule has 1 aliphatic heterocycles. The summed E-state index contributed by atoms with van der Waals surface area (Å²) in [6.45, 7) is 0.251. The topological polar surface area (TPSA) is 64.6 Å². The molecule has 0 radical (unpaired) electrons. The van der Waals surface area contributed by atoms with Crippen LogP contribution in [-0.4, -0.2) is 125 Å². The van der Waals surface area contributed by atoms with Crippen LogP contribution in [0.2, 0.25) is 0 Å². The molecule has 0 atom stereocenters. The number of carbonyl (C=O) groups is 1. The summed E-state index contributed by atoms with van der Waals surface area (Å²) in [5.74, 6) is 0.622. The number of hydrogen-bond acceptors (Lipinski definition) is 5. The molecule has 1 aromatic heterocycles. The monoisotopic (exact) mass is 547 g/mol. The predicted octanol–water partition coefficient (Wildman–Crippen LogP) is -12.3. The third-order valence-corrected chi connectivity index (χ3v) is 8.54. The Morgan fingerprint density at radius 3 is 1.80 bits per heavy atom. The quantitative estimate of drug-likeness (QED) is 0.305. The highest BCUT2D eigenvalue weighted by Gasteiger charge is 2.47. The van der Waals surface area contributed by atoms with Crippen molar-refractivity contribution in [2.45, 2.75) is 17.0 Å². The predicted molar refractivity (Wildman–Crippen MR) is 188 cm³/mol. The van der Waals surface area contributed by atoms with Crippen LogP contribution in [0.5, 0.6) is 11.5 Å². The molecule has 0 spiro atoms. The number of alkyl halides is 3. The van der Waals surface area contributed by atoms with Gasteiger partial charge in [0.2, 0.25) is 0 Å². The van der Waals surface area contributed by atoms with Gasteiger partial charge in [0.25, 0.3) is 5.91 Å². The zero-order valence-electron chi connectivity index (χ0n) is 25.6. The van der Waals surface area contributed by atoms with Crippen molar-refractivity contribution >= 4 is 130 Å². The summed E-state index contributed by atoms with van der Waals surface area (Å²) in [5.41, 5.74) is 6.59. The number of aromatic nitrogens is 2. The van der Waals surface area contributed by atoms with Crippen LogP contribution in [0, 0.1) is 0 Å². The zero-order chi connectivity index (χ0) is 30.8. The maximum Gasteiger partial charge on any atom is 0.573 e. The van der Waals surface area contributed by atoms with E-state index in [-0.39, 0.29) is 18.3 Å². The molecule has 6 nitrogen and oxygen atoms in total. The smallest absolute Gasteiger partial charge is 0.493 e. The number of rotatable bonds is 4. The van der Waals surface area contributed by atoms with Crippen LogP contribution in [0.15, 0.2) is 18.5 Å². The molecule has 198 valence electrons. The third kappa shape index (κ3) is 5.16. The van der Waals surface area contributed by atoms with Crippen LogP contribution >= 0.6 is 0 Å². The normalized spacial score (nSPS) is 15.1. The van der Waals surface area contributed by atoms with E-state index < -0.39 is 17.0 Å². The summed E-state index contributed by atoms with van der Waals surface area (Å²) in [6, 6.07) is 1.73. The van der Waals surface area contributed by atoms with Gasteiger partial charge in [0, 0.05) is 23.1 Å². The van der Waals surface area contributed by atoms with Gasteiger partial charge in [-0.1, -0.05) is 38.2 Å². The summed E-state index contributed by atoms with van der Waals surface area (Å²) < 4.78 is 50.7. The average Bonchev–Trinajstić information content (AvgIpc) is 2.99. The molecular formula is C21H27B11F3N3O3. The first-order chi connectivity index (χ1) is 18.8. The third-order valence-electron chi connectivity index (χ3n) is 8.54. The molecule has 2 heterocycles. The highest BCUT2D eigenvalue weighted by atomic mass is 19.4. The largest absolute Gasteiger partial charge is 0.573 e. The van der Waals surface area contributed by atoms with Crippen molar-refractivity contribution in [3.05, 3.63) is 29.8 Å². The van der Waals surface area contributed by atoms with Gasteiger partial charge in [-0.05, 0) is 17.2 Å². The molecule has 2 aromatic carbocycles. The van der Waals surface area contributed by atoms with Crippen LogP contribution in [0.1, 0.15) is 16.2 Å². The molecule has 41 heavy (non-hydrogen) atoms. The van der Waals surface area contributed by atoms with Gasteiger partial charge in [-0.15, -0.1) is 13.2 Å². The Morgan fingerprint density at radius 1 is 0.805 bits per heavy atom. The van der Waals surface area contributed by atoms with E-state index in [2.05, 4.69) is 14.7 Å². The number of ether oxygens (including phenoxy) is 2. The number of nitrogens with zero attached hydrogens (tertiary/aromatic N) is 3. The molecule has 3 aromatic rings. The Hall–Kier alpha value is -2.91. The van der Waals surface area contributed by atoms with Gasteiger partial charge in [-0.3, -0.25) is 4.79 Å². The first-order valence-electron chi connectivity index (χ1n) is 13.6. The molecule has 0 N–H and O–H groups in total. The van der Waals surface area contributed by atoms with Crippen LogP contribution in [0.4, 0.5) is 13.2 Å². The van der Waals surface area contributed by atoms with Crippen molar-refractivity contribution in [1.82, 2.24) is 14.9 Å². The van der Waals surface area contributed by atoms with Crippen molar-refractivity contribution < 1.29 is 27.4 Å². The first kappa shape index (κ1) is 31.0. The highest BCUT2D eigenvalue weighted by molar-refractivity contribution is 6.64. The van der Waals surface area contributed by atoms with Gasteiger partial charge in [0.1, 0.15) is 104 Å². The summed E-state index contributed by atoms with van der Waals surface area (Å²) in [5, 5.41) is -1.60.